The van der Waals surface area contributed by atoms with Gasteiger partial charge in [0.1, 0.15) is 22.2 Å². The number of aryl methyl sites for hydroxylation is 1. The third-order valence-electron chi connectivity index (χ3n) is 3.20. The van der Waals surface area contributed by atoms with Crippen LogP contribution in [0, 0.1) is 6.92 Å². The van der Waals surface area contributed by atoms with E-state index in [2.05, 4.69) is 15.6 Å². The number of nitrogens with one attached hydrogen (secondary N) is 2. The Morgan fingerprint density at radius 3 is 2.62 bits per heavy atom. The Hall–Kier alpha value is -1.80. The Balaban J connectivity index is 2.61. The third kappa shape index (κ3) is 8.16. The summed E-state index contributed by atoms with van der Waals surface area (Å²) in [5.74, 6) is 1.40. The lowest BCUT2D eigenvalue weighted by atomic mass is 10.1. The second-order valence-electron chi connectivity index (χ2n) is 5.43. The van der Waals surface area contributed by atoms with E-state index in [1.54, 1.807) is 14.2 Å². The topological polar surface area (TPSA) is 89.0 Å². The van der Waals surface area contributed by atoms with Crippen molar-refractivity contribution in [2.75, 3.05) is 45.9 Å². The van der Waals surface area contributed by atoms with Gasteiger partial charge < -0.3 is 20.1 Å². The first-order chi connectivity index (χ1) is 11.4. The minimum Gasteiger partial charge on any atom is -0.491 e. The van der Waals surface area contributed by atoms with Crippen LogP contribution in [0.5, 0.6) is 5.75 Å². The normalized spacial score (nSPS) is 12.1. The van der Waals surface area contributed by atoms with Gasteiger partial charge in [-0.25, -0.2) is 8.42 Å². The zero-order valence-electron chi connectivity index (χ0n) is 14.8. The summed E-state index contributed by atoms with van der Waals surface area (Å²) >= 11 is 0. The van der Waals surface area contributed by atoms with Gasteiger partial charge in [-0.05, 0) is 18.6 Å². The first kappa shape index (κ1) is 20.2. The highest BCUT2D eigenvalue weighted by atomic mass is 32.2. The van der Waals surface area contributed by atoms with Gasteiger partial charge in [0.05, 0.1) is 12.4 Å². The number of guanidine groups is 1. The number of hydrogen-bond donors (Lipinski definition) is 2. The van der Waals surface area contributed by atoms with Crippen LogP contribution in [-0.4, -0.2) is 60.3 Å². The van der Waals surface area contributed by atoms with E-state index in [0.29, 0.717) is 32.3 Å². The molecule has 1 aromatic rings. The van der Waals surface area contributed by atoms with Gasteiger partial charge in [0.2, 0.25) is 0 Å². The van der Waals surface area contributed by atoms with E-state index in [-0.39, 0.29) is 5.75 Å². The molecule has 0 bridgehead atoms. The smallest absolute Gasteiger partial charge is 0.191 e. The van der Waals surface area contributed by atoms with Gasteiger partial charge >= 0.3 is 0 Å². The molecule has 0 saturated heterocycles. The molecule has 0 aliphatic rings. The summed E-state index contributed by atoms with van der Waals surface area (Å²) in [4.78, 5) is 4.08. The second-order valence-corrected chi connectivity index (χ2v) is 7.69. The van der Waals surface area contributed by atoms with E-state index in [0.717, 1.165) is 16.9 Å². The molecular weight excluding hydrogens is 330 g/mol. The number of sulfone groups is 1. The van der Waals surface area contributed by atoms with Crippen LogP contribution in [0.4, 0.5) is 0 Å². The molecule has 2 N–H and O–H groups in total. The lowest BCUT2D eigenvalue weighted by Crippen LogP contribution is -2.39. The molecule has 136 valence electrons. The van der Waals surface area contributed by atoms with Crippen molar-refractivity contribution in [3.05, 3.63) is 29.3 Å². The third-order valence-corrected chi connectivity index (χ3v) is 4.15. The first-order valence-electron chi connectivity index (χ1n) is 7.69. The van der Waals surface area contributed by atoms with Crippen LogP contribution in [0.3, 0.4) is 0 Å². The number of nitrogens with zero attached hydrogens (tertiary/aromatic N) is 1. The van der Waals surface area contributed by atoms with Crippen molar-refractivity contribution in [3.63, 3.8) is 0 Å². The monoisotopic (exact) mass is 357 g/mol. The Morgan fingerprint density at radius 2 is 2.00 bits per heavy atom. The van der Waals surface area contributed by atoms with Crippen molar-refractivity contribution in [1.29, 1.82) is 0 Å². The summed E-state index contributed by atoms with van der Waals surface area (Å²) in [6, 6.07) is 5.99. The van der Waals surface area contributed by atoms with Crippen molar-refractivity contribution in [1.82, 2.24) is 10.6 Å². The second kappa shape index (κ2) is 10.1. The minimum atomic E-state index is -3.00. The molecule has 0 aliphatic carbocycles. The van der Waals surface area contributed by atoms with Gasteiger partial charge in [-0.15, -0.1) is 0 Å². The number of methoxy groups -OCH3 is 1. The van der Waals surface area contributed by atoms with E-state index in [9.17, 15) is 8.42 Å². The minimum absolute atomic E-state index is 0.0591. The van der Waals surface area contributed by atoms with Crippen molar-refractivity contribution in [2.24, 2.45) is 4.99 Å². The summed E-state index contributed by atoms with van der Waals surface area (Å²) < 4.78 is 33.1. The fourth-order valence-corrected chi connectivity index (χ4v) is 2.40. The Bertz CT molecular complexity index is 645. The van der Waals surface area contributed by atoms with Crippen LogP contribution in [-0.2, 0) is 21.1 Å². The molecule has 0 saturated carbocycles. The maximum atomic E-state index is 11.2. The van der Waals surface area contributed by atoms with Gasteiger partial charge in [-0.2, -0.15) is 0 Å². The van der Waals surface area contributed by atoms with Gasteiger partial charge in [0.25, 0.3) is 0 Å². The fourth-order valence-electron chi connectivity index (χ4n) is 1.93. The standard InChI is InChI=1S/C16H27N3O4S/c1-13-5-6-14(15(11-13)23-9-8-22-3)12-19-16(17-2)18-7-10-24(4,20)21/h5-6,11H,7-10,12H2,1-4H3,(H2,17,18,19). The zero-order chi connectivity index (χ0) is 18.0. The lowest BCUT2D eigenvalue weighted by Gasteiger charge is -2.15. The molecule has 0 fully saturated rings. The predicted molar refractivity (Wildman–Crippen MR) is 96.5 cm³/mol. The Kier molecular flexibility index (Phi) is 8.56. The average molecular weight is 357 g/mol. The molecule has 24 heavy (non-hydrogen) atoms. The van der Waals surface area contributed by atoms with Gasteiger partial charge in [-0.3, -0.25) is 4.99 Å². The fraction of sp³-hybridized carbons (Fsp3) is 0.562. The molecule has 0 spiro atoms. The number of benzene rings is 1. The Morgan fingerprint density at radius 1 is 1.25 bits per heavy atom. The summed E-state index contributed by atoms with van der Waals surface area (Å²) in [6.45, 7) is 3.83. The van der Waals surface area contributed by atoms with Crippen LogP contribution in [0.2, 0.25) is 0 Å². The largest absolute Gasteiger partial charge is 0.491 e. The molecule has 8 heteroatoms. The van der Waals surface area contributed by atoms with Gasteiger partial charge in [-0.1, -0.05) is 12.1 Å². The van der Waals surface area contributed by atoms with E-state index in [1.807, 2.05) is 25.1 Å². The summed E-state index contributed by atoms with van der Waals surface area (Å²) in [5.41, 5.74) is 2.10. The van der Waals surface area contributed by atoms with E-state index < -0.39 is 9.84 Å². The molecule has 1 rings (SSSR count). The van der Waals surface area contributed by atoms with Crippen molar-refractivity contribution in [3.8, 4) is 5.75 Å². The highest BCUT2D eigenvalue weighted by Crippen LogP contribution is 2.20. The number of rotatable bonds is 9. The molecule has 0 aliphatic heterocycles. The molecule has 0 radical (unpaired) electrons. The molecule has 0 unspecified atom stereocenters. The summed E-state index contributed by atoms with van der Waals surface area (Å²) in [6.07, 6.45) is 1.21. The SMILES string of the molecule is CN=C(NCCS(C)(=O)=O)NCc1ccc(C)cc1OCCOC. The van der Waals surface area contributed by atoms with Crippen LogP contribution in [0.15, 0.2) is 23.2 Å². The van der Waals surface area contributed by atoms with Crippen molar-refractivity contribution >= 4 is 15.8 Å². The highest BCUT2D eigenvalue weighted by Gasteiger charge is 2.07. The zero-order valence-corrected chi connectivity index (χ0v) is 15.6. The molecular formula is C16H27N3O4S. The average Bonchev–Trinajstić information content (AvgIpc) is 2.51. The molecule has 0 atom stereocenters. The highest BCUT2D eigenvalue weighted by molar-refractivity contribution is 7.90. The quantitative estimate of drug-likeness (QED) is 0.385. The van der Waals surface area contributed by atoms with Crippen LogP contribution in [0.1, 0.15) is 11.1 Å². The number of aliphatic imine (C=N–C) groups is 1. The predicted octanol–water partition coefficient (Wildman–Crippen LogP) is 0.730. The summed E-state index contributed by atoms with van der Waals surface area (Å²) in [5, 5.41) is 6.13. The van der Waals surface area contributed by atoms with Crippen molar-refractivity contribution < 1.29 is 17.9 Å². The van der Waals surface area contributed by atoms with E-state index >= 15 is 0 Å². The molecule has 0 aromatic heterocycles. The number of ether oxygens (including phenoxy) is 2. The molecule has 7 nitrogen and oxygen atoms in total. The first-order valence-corrected chi connectivity index (χ1v) is 9.75. The Labute approximate surface area is 144 Å². The van der Waals surface area contributed by atoms with Crippen LogP contribution < -0.4 is 15.4 Å². The van der Waals surface area contributed by atoms with Gasteiger partial charge in [0.15, 0.2) is 5.96 Å². The van der Waals surface area contributed by atoms with Crippen molar-refractivity contribution in [2.45, 2.75) is 13.5 Å². The molecule has 0 heterocycles. The van der Waals surface area contributed by atoms with E-state index in [1.165, 1.54) is 6.26 Å². The van der Waals surface area contributed by atoms with Crippen LogP contribution in [0.25, 0.3) is 0 Å². The van der Waals surface area contributed by atoms with Gasteiger partial charge in [0, 0.05) is 39.1 Å². The maximum Gasteiger partial charge on any atom is 0.191 e. The maximum absolute atomic E-state index is 11.2. The summed E-state index contributed by atoms with van der Waals surface area (Å²) in [7, 11) is 0.276. The molecule has 0 amide bonds. The molecule has 1 aromatic carbocycles. The lowest BCUT2D eigenvalue weighted by molar-refractivity contribution is 0.145. The number of hydrogen-bond acceptors (Lipinski definition) is 5. The van der Waals surface area contributed by atoms with E-state index in [4.69, 9.17) is 9.47 Å². The van der Waals surface area contributed by atoms with Crippen LogP contribution >= 0.6 is 0 Å².